The summed E-state index contributed by atoms with van der Waals surface area (Å²) in [6, 6.07) is 6.58. The molecular weight excluding hydrogens is 336 g/mol. The zero-order valence-electron chi connectivity index (χ0n) is 12.9. The van der Waals surface area contributed by atoms with E-state index >= 15 is 0 Å². The third-order valence-corrected chi connectivity index (χ3v) is 5.12. The monoisotopic (exact) mass is 350 g/mol. The van der Waals surface area contributed by atoms with Crippen molar-refractivity contribution >= 4 is 40.4 Å². The quantitative estimate of drug-likeness (QED) is 0.769. The molecule has 2 aliphatic rings. The summed E-state index contributed by atoms with van der Waals surface area (Å²) in [6.45, 7) is 3.58. The summed E-state index contributed by atoms with van der Waals surface area (Å²) in [6.07, 6.45) is 0. The van der Waals surface area contributed by atoms with Crippen molar-refractivity contribution in [2.45, 2.75) is 25.1 Å². The van der Waals surface area contributed by atoms with Crippen molar-refractivity contribution in [3.63, 3.8) is 0 Å². The van der Waals surface area contributed by atoms with E-state index < -0.39 is 12.0 Å². The Morgan fingerprint density at radius 3 is 2.83 bits per heavy atom. The van der Waals surface area contributed by atoms with E-state index in [1.165, 1.54) is 18.9 Å². The maximum absolute atomic E-state index is 12.6. The number of halogens is 1. The van der Waals surface area contributed by atoms with Crippen LogP contribution in [0.4, 0.5) is 0 Å². The van der Waals surface area contributed by atoms with Crippen LogP contribution in [0, 0.1) is 0 Å². The van der Waals surface area contributed by atoms with Crippen molar-refractivity contribution in [3.8, 4) is 0 Å². The number of allylic oxidation sites excluding steroid dienone is 1. The van der Waals surface area contributed by atoms with E-state index in [1.54, 1.807) is 30.0 Å². The van der Waals surface area contributed by atoms with Gasteiger partial charge in [-0.1, -0.05) is 35.5 Å². The predicted octanol–water partition coefficient (Wildman–Crippen LogP) is 3.16. The normalized spacial score (nSPS) is 23.7. The molecule has 0 aromatic heterocycles. The molecule has 1 aromatic carbocycles. The van der Waals surface area contributed by atoms with Crippen molar-refractivity contribution in [2.75, 3.05) is 7.11 Å². The molecule has 1 amide bonds. The first kappa shape index (κ1) is 16.1. The lowest BCUT2D eigenvalue weighted by atomic mass is 9.94. The Kier molecular flexibility index (Phi) is 4.21. The largest absolute Gasteiger partial charge is 0.466 e. The summed E-state index contributed by atoms with van der Waals surface area (Å²) in [7, 11) is 1.32. The number of amides is 1. The Hall–Kier alpha value is -1.79. The maximum Gasteiger partial charge on any atom is 0.338 e. The highest BCUT2D eigenvalue weighted by Crippen LogP contribution is 2.43. The van der Waals surface area contributed by atoms with Crippen LogP contribution >= 0.6 is 23.4 Å². The van der Waals surface area contributed by atoms with E-state index in [9.17, 15) is 9.59 Å². The molecule has 23 heavy (non-hydrogen) atoms. The van der Waals surface area contributed by atoms with Crippen molar-refractivity contribution in [1.29, 1.82) is 0 Å². The first-order valence-corrected chi connectivity index (χ1v) is 8.32. The average Bonchev–Trinajstić information content (AvgIpc) is 2.79. The fourth-order valence-corrected chi connectivity index (χ4v) is 3.99. The van der Waals surface area contributed by atoms with Gasteiger partial charge in [-0.2, -0.15) is 0 Å². The van der Waals surface area contributed by atoms with Crippen LogP contribution in [-0.2, 0) is 14.3 Å². The molecule has 2 heterocycles. The molecule has 0 aliphatic carbocycles. The first-order valence-electron chi connectivity index (χ1n) is 7.07. The van der Waals surface area contributed by atoms with Gasteiger partial charge in [0.15, 0.2) is 5.17 Å². The predicted molar refractivity (Wildman–Crippen MR) is 90.2 cm³/mol. The van der Waals surface area contributed by atoms with Crippen LogP contribution in [0.3, 0.4) is 0 Å². The minimum absolute atomic E-state index is 0.0763. The van der Waals surface area contributed by atoms with Gasteiger partial charge in [0.2, 0.25) is 5.91 Å². The Bertz CT molecular complexity index is 759. The summed E-state index contributed by atoms with van der Waals surface area (Å²) in [5.74, 6) is -0.569. The lowest BCUT2D eigenvalue weighted by Gasteiger charge is -2.32. The summed E-state index contributed by atoms with van der Waals surface area (Å²) >= 11 is 7.49. The summed E-state index contributed by atoms with van der Waals surface area (Å²) in [4.78, 5) is 30.9. The summed E-state index contributed by atoms with van der Waals surface area (Å²) in [5, 5.41) is 0.915. The number of methoxy groups -OCH3 is 1. The molecule has 0 unspecified atom stereocenters. The number of ether oxygens (including phenoxy) is 1. The number of carbonyl (C=O) groups is 2. The lowest BCUT2D eigenvalue weighted by molar-refractivity contribution is -0.137. The van der Waals surface area contributed by atoms with Crippen LogP contribution in [0.2, 0.25) is 5.02 Å². The highest BCUT2D eigenvalue weighted by Gasteiger charge is 2.46. The number of rotatable bonds is 2. The van der Waals surface area contributed by atoms with Gasteiger partial charge in [-0.15, -0.1) is 0 Å². The molecule has 2 aliphatic heterocycles. The second-order valence-electron chi connectivity index (χ2n) is 5.31. The summed E-state index contributed by atoms with van der Waals surface area (Å²) < 4.78 is 4.91. The van der Waals surface area contributed by atoms with E-state index in [4.69, 9.17) is 16.3 Å². The smallest absolute Gasteiger partial charge is 0.338 e. The van der Waals surface area contributed by atoms with Gasteiger partial charge in [0.05, 0.1) is 29.7 Å². The Morgan fingerprint density at radius 1 is 1.43 bits per heavy atom. The van der Waals surface area contributed by atoms with Gasteiger partial charge in [0.1, 0.15) is 0 Å². The molecule has 7 heteroatoms. The highest BCUT2D eigenvalue weighted by atomic mass is 35.5. The number of carbonyl (C=O) groups excluding carboxylic acids is 2. The van der Waals surface area contributed by atoms with Crippen LogP contribution in [-0.4, -0.2) is 34.3 Å². The Balaban J connectivity index is 2.19. The summed E-state index contributed by atoms with van der Waals surface area (Å²) in [5.41, 5.74) is 1.68. The average molecular weight is 351 g/mol. The van der Waals surface area contributed by atoms with Crippen molar-refractivity contribution in [1.82, 2.24) is 4.90 Å². The second-order valence-corrected chi connectivity index (χ2v) is 7.06. The zero-order chi connectivity index (χ0) is 16.7. The molecule has 0 N–H and O–H groups in total. The Morgan fingerprint density at radius 2 is 2.17 bits per heavy atom. The van der Waals surface area contributed by atoms with Crippen molar-refractivity contribution in [2.24, 2.45) is 4.99 Å². The maximum atomic E-state index is 12.6. The first-order chi connectivity index (χ1) is 10.9. The third kappa shape index (κ3) is 2.66. The fraction of sp³-hybridized carbons (Fsp3) is 0.312. The van der Waals surface area contributed by atoms with E-state index in [0.717, 1.165) is 5.56 Å². The SMILES string of the molecule is COC(=O)C1=C(C)N=C2S[C@H](C)C(=O)N2[C@H]1c1cccc(Cl)c1. The van der Waals surface area contributed by atoms with Gasteiger partial charge < -0.3 is 4.74 Å². The molecule has 0 bridgehead atoms. The van der Waals surface area contributed by atoms with E-state index in [2.05, 4.69) is 4.99 Å². The number of fused-ring (bicyclic) bond motifs is 1. The molecular formula is C16H15ClN2O3S. The van der Waals surface area contributed by atoms with Crippen LogP contribution in [0.15, 0.2) is 40.5 Å². The van der Waals surface area contributed by atoms with Crippen LogP contribution in [0.5, 0.6) is 0 Å². The lowest BCUT2D eigenvalue weighted by Crippen LogP contribution is -2.40. The second kappa shape index (κ2) is 6.02. The number of nitrogens with zero attached hydrogens (tertiary/aromatic N) is 2. The number of aliphatic imine (C=N–C) groups is 1. The Labute approximate surface area is 143 Å². The van der Waals surface area contributed by atoms with Crippen LogP contribution in [0.25, 0.3) is 0 Å². The van der Waals surface area contributed by atoms with Gasteiger partial charge in [0.25, 0.3) is 0 Å². The number of esters is 1. The van der Waals surface area contributed by atoms with Crippen molar-refractivity contribution in [3.05, 3.63) is 46.1 Å². The number of hydrogen-bond acceptors (Lipinski definition) is 5. The number of benzene rings is 1. The van der Waals surface area contributed by atoms with Gasteiger partial charge in [-0.3, -0.25) is 9.69 Å². The van der Waals surface area contributed by atoms with Gasteiger partial charge in [-0.05, 0) is 31.5 Å². The molecule has 5 nitrogen and oxygen atoms in total. The van der Waals surface area contributed by atoms with E-state index in [1.807, 2.05) is 13.0 Å². The molecule has 1 aromatic rings. The highest BCUT2D eigenvalue weighted by molar-refractivity contribution is 8.15. The van der Waals surface area contributed by atoms with E-state index in [0.29, 0.717) is 21.5 Å². The minimum atomic E-state index is -0.571. The topological polar surface area (TPSA) is 59.0 Å². The van der Waals surface area contributed by atoms with Gasteiger partial charge in [0, 0.05) is 5.02 Å². The molecule has 0 radical (unpaired) electrons. The van der Waals surface area contributed by atoms with Gasteiger partial charge in [-0.25, -0.2) is 9.79 Å². The number of hydrogen-bond donors (Lipinski definition) is 0. The van der Waals surface area contributed by atoms with Crippen LogP contribution < -0.4 is 0 Å². The number of thioether (sulfide) groups is 1. The molecule has 0 spiro atoms. The van der Waals surface area contributed by atoms with E-state index in [-0.39, 0.29) is 11.2 Å². The van der Waals surface area contributed by atoms with Gasteiger partial charge >= 0.3 is 5.97 Å². The fourth-order valence-electron chi connectivity index (χ4n) is 2.77. The molecule has 120 valence electrons. The zero-order valence-corrected chi connectivity index (χ0v) is 14.4. The molecule has 0 saturated carbocycles. The van der Waals surface area contributed by atoms with Crippen molar-refractivity contribution < 1.29 is 14.3 Å². The number of amidine groups is 1. The standard InChI is InChI=1S/C16H15ClN2O3S/c1-8-12(15(21)22-3)13(10-5-4-6-11(17)7-10)19-14(20)9(2)23-16(19)18-8/h4-7,9,13H,1-3H3/t9-,13+/m1/s1. The molecule has 1 saturated heterocycles. The molecule has 2 atom stereocenters. The van der Waals surface area contributed by atoms with Crippen LogP contribution in [0.1, 0.15) is 25.5 Å². The third-order valence-electron chi connectivity index (χ3n) is 3.83. The molecule has 1 fully saturated rings. The minimum Gasteiger partial charge on any atom is -0.466 e. The molecule has 3 rings (SSSR count).